The highest BCUT2D eigenvalue weighted by molar-refractivity contribution is 6.20. The summed E-state index contributed by atoms with van der Waals surface area (Å²) in [4.78, 5) is 7.16. The summed E-state index contributed by atoms with van der Waals surface area (Å²) in [6, 6.07) is 51.8. The van der Waals surface area contributed by atoms with Gasteiger partial charge in [0.05, 0.1) is 0 Å². The second-order valence-electron chi connectivity index (χ2n) is 12.3. The molecule has 0 bridgehead atoms. The van der Waals surface area contributed by atoms with Crippen LogP contribution in [0, 0.1) is 0 Å². The van der Waals surface area contributed by atoms with Crippen LogP contribution in [0.2, 0.25) is 0 Å². The van der Waals surface area contributed by atoms with Crippen LogP contribution in [0.25, 0.3) is 55.1 Å². The first kappa shape index (κ1) is 28.1. The molecule has 1 aliphatic carbocycles. The fourth-order valence-corrected chi connectivity index (χ4v) is 7.05. The SMILES string of the molecule is C1=CCC(c2ccc(N(c3ccc(-c4nccc5c4oc4ccc6ccccc6c45)cc3)c3cccc(-c4ccccc4)c3)cc2)C=C1. The smallest absolute Gasteiger partial charge is 0.161 e. The third-order valence-electron chi connectivity index (χ3n) is 9.45. The average Bonchev–Trinajstić information content (AvgIpc) is 3.56. The van der Waals surface area contributed by atoms with Gasteiger partial charge >= 0.3 is 0 Å². The third kappa shape index (κ3) is 4.97. The van der Waals surface area contributed by atoms with E-state index in [-0.39, 0.29) is 0 Å². The van der Waals surface area contributed by atoms with Crippen LogP contribution in [0.4, 0.5) is 17.1 Å². The Morgan fingerprint density at radius 2 is 1.35 bits per heavy atom. The predicted octanol–water partition coefficient (Wildman–Crippen LogP) is 12.5. The molecule has 0 N–H and O–H groups in total. The highest BCUT2D eigenvalue weighted by Gasteiger charge is 2.18. The van der Waals surface area contributed by atoms with Crippen LogP contribution < -0.4 is 4.90 Å². The highest BCUT2D eigenvalue weighted by atomic mass is 16.3. The van der Waals surface area contributed by atoms with Crippen LogP contribution >= 0.6 is 0 Å². The molecule has 8 aromatic rings. The molecule has 0 saturated heterocycles. The first-order valence-electron chi connectivity index (χ1n) is 16.5. The minimum Gasteiger partial charge on any atom is -0.454 e. The van der Waals surface area contributed by atoms with E-state index in [9.17, 15) is 0 Å². The second-order valence-corrected chi connectivity index (χ2v) is 12.3. The molecular weight excluding hydrogens is 585 g/mol. The van der Waals surface area contributed by atoms with Gasteiger partial charge in [0.15, 0.2) is 5.58 Å². The number of anilines is 3. The number of furan rings is 1. The van der Waals surface area contributed by atoms with Crippen molar-refractivity contribution in [2.75, 3.05) is 4.90 Å². The normalized spacial score (nSPS) is 14.2. The summed E-state index contributed by atoms with van der Waals surface area (Å²) in [7, 11) is 0. The molecule has 228 valence electrons. The molecule has 0 radical (unpaired) electrons. The van der Waals surface area contributed by atoms with E-state index in [1.165, 1.54) is 27.5 Å². The van der Waals surface area contributed by atoms with Crippen molar-refractivity contribution in [2.45, 2.75) is 12.3 Å². The lowest BCUT2D eigenvalue weighted by Gasteiger charge is -2.27. The number of hydrogen-bond donors (Lipinski definition) is 0. The van der Waals surface area contributed by atoms with Gasteiger partial charge in [-0.2, -0.15) is 0 Å². The molecule has 9 rings (SSSR count). The van der Waals surface area contributed by atoms with Crippen LogP contribution in [-0.4, -0.2) is 4.98 Å². The Labute approximate surface area is 279 Å². The zero-order valence-electron chi connectivity index (χ0n) is 26.3. The van der Waals surface area contributed by atoms with Crippen molar-refractivity contribution in [1.82, 2.24) is 4.98 Å². The van der Waals surface area contributed by atoms with E-state index in [1.54, 1.807) is 0 Å². The lowest BCUT2D eigenvalue weighted by atomic mass is 9.92. The van der Waals surface area contributed by atoms with Gasteiger partial charge in [-0.25, -0.2) is 0 Å². The third-order valence-corrected chi connectivity index (χ3v) is 9.45. The summed E-state index contributed by atoms with van der Waals surface area (Å²) in [6.07, 6.45) is 11.7. The van der Waals surface area contributed by atoms with E-state index in [1.807, 2.05) is 6.20 Å². The van der Waals surface area contributed by atoms with Crippen LogP contribution in [0.3, 0.4) is 0 Å². The minimum atomic E-state index is 0.407. The fourth-order valence-electron chi connectivity index (χ4n) is 7.05. The van der Waals surface area contributed by atoms with Gasteiger partial charge < -0.3 is 9.32 Å². The van der Waals surface area contributed by atoms with E-state index in [0.29, 0.717) is 5.92 Å². The molecule has 0 aliphatic heterocycles. The molecule has 0 fully saturated rings. The van der Waals surface area contributed by atoms with Crippen LogP contribution in [0.1, 0.15) is 17.9 Å². The van der Waals surface area contributed by atoms with Gasteiger partial charge in [0, 0.05) is 45.5 Å². The Morgan fingerprint density at radius 3 is 2.17 bits per heavy atom. The summed E-state index contributed by atoms with van der Waals surface area (Å²) in [5, 5.41) is 4.61. The molecule has 1 atom stereocenters. The summed E-state index contributed by atoms with van der Waals surface area (Å²) >= 11 is 0. The monoisotopic (exact) mass is 616 g/mol. The fraction of sp³-hybridized carbons (Fsp3) is 0.0444. The number of pyridine rings is 1. The van der Waals surface area contributed by atoms with E-state index < -0.39 is 0 Å². The van der Waals surface area contributed by atoms with Gasteiger partial charge in [-0.05, 0) is 82.4 Å². The Hall–Kier alpha value is -6.19. The molecule has 2 heterocycles. The first-order chi connectivity index (χ1) is 23.8. The Balaban J connectivity index is 1.13. The number of aromatic nitrogens is 1. The Bertz CT molecular complexity index is 2470. The maximum absolute atomic E-state index is 6.50. The number of fused-ring (bicyclic) bond motifs is 5. The minimum absolute atomic E-state index is 0.407. The zero-order chi connectivity index (χ0) is 31.9. The van der Waals surface area contributed by atoms with Crippen LogP contribution in [0.15, 0.2) is 181 Å². The highest BCUT2D eigenvalue weighted by Crippen LogP contribution is 2.41. The molecule has 0 saturated carbocycles. The van der Waals surface area contributed by atoms with Gasteiger partial charge in [-0.15, -0.1) is 0 Å². The largest absolute Gasteiger partial charge is 0.454 e. The molecule has 0 spiro atoms. The molecule has 3 heteroatoms. The lowest BCUT2D eigenvalue weighted by molar-refractivity contribution is 0.668. The van der Waals surface area contributed by atoms with E-state index >= 15 is 0 Å². The molecule has 2 aromatic heterocycles. The van der Waals surface area contributed by atoms with Crippen LogP contribution in [-0.2, 0) is 0 Å². The molecular formula is C45H32N2O. The molecule has 1 unspecified atom stereocenters. The summed E-state index contributed by atoms with van der Waals surface area (Å²) in [6.45, 7) is 0. The number of rotatable bonds is 6. The molecule has 48 heavy (non-hydrogen) atoms. The van der Waals surface area contributed by atoms with E-state index in [0.717, 1.165) is 56.7 Å². The van der Waals surface area contributed by atoms with Crippen molar-refractivity contribution in [3.63, 3.8) is 0 Å². The van der Waals surface area contributed by atoms with Crippen molar-refractivity contribution in [3.05, 3.63) is 182 Å². The van der Waals surface area contributed by atoms with Crippen LogP contribution in [0.5, 0.6) is 0 Å². The summed E-state index contributed by atoms with van der Waals surface area (Å²) in [5.74, 6) is 0.407. The van der Waals surface area contributed by atoms with Gasteiger partial charge in [0.25, 0.3) is 0 Å². The number of nitrogens with zero attached hydrogens (tertiary/aromatic N) is 2. The second kappa shape index (κ2) is 11.9. The number of allylic oxidation sites excluding steroid dienone is 4. The molecule has 6 aromatic carbocycles. The summed E-state index contributed by atoms with van der Waals surface area (Å²) in [5.41, 5.74) is 10.5. The summed E-state index contributed by atoms with van der Waals surface area (Å²) < 4.78 is 6.50. The number of hydrogen-bond acceptors (Lipinski definition) is 3. The van der Waals surface area contributed by atoms with E-state index in [2.05, 4.69) is 175 Å². The van der Waals surface area contributed by atoms with Gasteiger partial charge in [-0.1, -0.05) is 121 Å². The maximum atomic E-state index is 6.50. The maximum Gasteiger partial charge on any atom is 0.161 e. The average molecular weight is 617 g/mol. The van der Waals surface area contributed by atoms with Crippen molar-refractivity contribution >= 4 is 49.8 Å². The van der Waals surface area contributed by atoms with Crippen molar-refractivity contribution in [1.29, 1.82) is 0 Å². The quantitative estimate of drug-likeness (QED) is 0.186. The van der Waals surface area contributed by atoms with Gasteiger partial charge in [0.2, 0.25) is 0 Å². The lowest BCUT2D eigenvalue weighted by Crippen LogP contribution is -2.10. The van der Waals surface area contributed by atoms with Gasteiger partial charge in [-0.3, -0.25) is 4.98 Å². The van der Waals surface area contributed by atoms with Gasteiger partial charge in [0.1, 0.15) is 11.3 Å². The van der Waals surface area contributed by atoms with Crippen molar-refractivity contribution in [3.8, 4) is 22.4 Å². The zero-order valence-corrected chi connectivity index (χ0v) is 26.3. The number of benzene rings is 6. The van der Waals surface area contributed by atoms with Crippen molar-refractivity contribution < 1.29 is 4.42 Å². The Kier molecular flexibility index (Phi) is 6.94. The van der Waals surface area contributed by atoms with E-state index in [4.69, 9.17) is 9.40 Å². The standard InChI is InChI=1S/C45H32N2O/c1-3-10-31(11-4-1)33-18-23-37(24-19-33)47(39-16-9-15-36(30-39)32-12-5-2-6-13-32)38-25-20-35(21-26-38)44-45-41(28-29-46-44)43-40-17-8-7-14-34(40)22-27-42(43)48-45/h1-10,12-31H,11H2. The molecule has 0 amide bonds. The van der Waals surface area contributed by atoms with Crippen molar-refractivity contribution in [2.24, 2.45) is 0 Å². The first-order valence-corrected chi connectivity index (χ1v) is 16.5. The molecule has 1 aliphatic rings. The predicted molar refractivity (Wildman–Crippen MR) is 200 cm³/mol. The molecule has 3 nitrogen and oxygen atoms in total. The Morgan fingerprint density at radius 1 is 0.583 bits per heavy atom. The topological polar surface area (TPSA) is 29.3 Å².